The molecule has 0 saturated heterocycles. The van der Waals surface area contributed by atoms with Gasteiger partial charge in [-0.1, -0.05) is 0 Å². The van der Waals surface area contributed by atoms with Crippen LogP contribution in [0.1, 0.15) is 5.56 Å². The molecule has 65 valence electrons. The van der Waals surface area contributed by atoms with E-state index < -0.39 is 11.7 Å². The fourth-order valence-corrected chi connectivity index (χ4v) is 2.50. The van der Waals surface area contributed by atoms with Crippen LogP contribution < -0.4 is 4.46 Å². The van der Waals surface area contributed by atoms with Crippen LogP contribution in [0.4, 0.5) is 13.2 Å². The molecular weight excluding hydrogens is 299 g/mol. The first kappa shape index (κ1) is 10.1. The van der Waals surface area contributed by atoms with Gasteiger partial charge in [0.15, 0.2) is 0 Å². The third-order valence-corrected chi connectivity index (χ3v) is 4.29. The molecule has 0 unspecified atom stereocenters. The minimum atomic E-state index is -4.22. The van der Waals surface area contributed by atoms with Crippen LogP contribution in [0.3, 0.4) is 0 Å². The molecule has 0 aromatic heterocycles. The predicted molar refractivity (Wildman–Crippen MR) is 42.6 cm³/mol. The summed E-state index contributed by atoms with van der Waals surface area (Å²) in [6, 6.07) is 5.37. The molecule has 0 nitrogen and oxygen atoms in total. The van der Waals surface area contributed by atoms with Gasteiger partial charge in [0.2, 0.25) is 0 Å². The average Bonchev–Trinajstić information content (AvgIpc) is 2.03. The zero-order chi connectivity index (χ0) is 9.19. The zero-order valence-electron chi connectivity index (χ0n) is 5.76. The van der Waals surface area contributed by atoms with Gasteiger partial charge in [0, 0.05) is 0 Å². The van der Waals surface area contributed by atoms with Crippen LogP contribution in [0.25, 0.3) is 0 Å². The molecule has 0 N–H and O–H groups in total. The van der Waals surface area contributed by atoms with Crippen molar-refractivity contribution in [2.75, 3.05) is 0 Å². The van der Waals surface area contributed by atoms with Gasteiger partial charge >= 0.3 is 81.0 Å². The van der Waals surface area contributed by atoms with E-state index in [4.69, 9.17) is 0 Å². The molecule has 0 atom stereocenters. The van der Waals surface area contributed by atoms with E-state index in [9.17, 15) is 13.2 Å². The molecule has 0 aliphatic carbocycles. The van der Waals surface area contributed by atoms with E-state index in [2.05, 4.69) is 14.2 Å². The van der Waals surface area contributed by atoms with Crippen molar-refractivity contribution >= 4 is 31.8 Å². The zero-order valence-corrected chi connectivity index (χ0v) is 9.19. The Labute approximate surface area is 81.1 Å². The summed E-state index contributed by atoms with van der Waals surface area (Å²) in [5.41, 5.74) is -0.572. The van der Waals surface area contributed by atoms with Crippen LogP contribution in [0.5, 0.6) is 0 Å². The SMILES string of the molecule is FC(F)(F)c1cccc([Se][Se])c1. The molecule has 1 aromatic carbocycles. The topological polar surface area (TPSA) is 0 Å². The molecule has 0 bridgehead atoms. The summed E-state index contributed by atoms with van der Waals surface area (Å²) < 4.78 is 37.0. The first-order valence-corrected chi connectivity index (χ1v) is 8.20. The Morgan fingerprint density at radius 3 is 2.42 bits per heavy atom. The molecular formula is C7H4F3Se2. The number of hydrogen-bond donors (Lipinski definition) is 0. The van der Waals surface area contributed by atoms with Crippen molar-refractivity contribution in [3.05, 3.63) is 29.8 Å². The molecule has 0 aliphatic rings. The van der Waals surface area contributed by atoms with Crippen molar-refractivity contribution in [1.29, 1.82) is 0 Å². The van der Waals surface area contributed by atoms with Crippen molar-refractivity contribution in [3.63, 3.8) is 0 Å². The molecule has 0 aliphatic heterocycles. The third kappa shape index (κ3) is 2.53. The number of halogens is 3. The molecule has 1 aromatic rings. The molecule has 0 amide bonds. The number of alkyl halides is 3. The molecule has 12 heavy (non-hydrogen) atoms. The summed E-state index contributed by atoms with van der Waals surface area (Å²) in [5.74, 6) is 0. The second kappa shape index (κ2) is 3.84. The number of hydrogen-bond acceptors (Lipinski definition) is 0. The van der Waals surface area contributed by atoms with Crippen molar-refractivity contribution in [3.8, 4) is 0 Å². The van der Waals surface area contributed by atoms with Gasteiger partial charge < -0.3 is 0 Å². The Bertz CT molecular complexity index is 270. The van der Waals surface area contributed by atoms with Crippen LogP contribution in [0.15, 0.2) is 24.3 Å². The molecule has 5 heteroatoms. The monoisotopic (exact) mass is 305 g/mol. The maximum absolute atomic E-state index is 12.1. The quantitative estimate of drug-likeness (QED) is 0.682. The Balaban J connectivity index is 3.02. The second-order valence-corrected chi connectivity index (χ2v) is 5.26. The second-order valence-electron chi connectivity index (χ2n) is 2.11. The van der Waals surface area contributed by atoms with Gasteiger partial charge in [-0.15, -0.1) is 0 Å². The summed E-state index contributed by atoms with van der Waals surface area (Å²) in [6.07, 6.45) is -4.22. The Morgan fingerprint density at radius 1 is 1.25 bits per heavy atom. The summed E-state index contributed by atoms with van der Waals surface area (Å²) in [5, 5.41) is 0. The first-order valence-electron chi connectivity index (χ1n) is 3.01. The van der Waals surface area contributed by atoms with E-state index in [1.807, 2.05) is 0 Å². The van der Waals surface area contributed by atoms with E-state index in [0.29, 0.717) is 0 Å². The molecule has 0 spiro atoms. The number of rotatable bonds is 1. The van der Waals surface area contributed by atoms with Gasteiger partial charge in [-0.2, -0.15) is 0 Å². The number of benzene rings is 1. The van der Waals surface area contributed by atoms with Crippen LogP contribution in [0, 0.1) is 0 Å². The van der Waals surface area contributed by atoms with E-state index in [-0.39, 0.29) is 13.1 Å². The van der Waals surface area contributed by atoms with E-state index in [1.54, 1.807) is 6.07 Å². The predicted octanol–water partition coefficient (Wildman–Crippen LogP) is 1.12. The van der Waals surface area contributed by atoms with Crippen molar-refractivity contribution in [1.82, 2.24) is 0 Å². The summed E-state index contributed by atoms with van der Waals surface area (Å²) >= 11 is 2.73. The Kier molecular flexibility index (Phi) is 3.24. The van der Waals surface area contributed by atoms with Crippen LogP contribution in [0.2, 0.25) is 0 Å². The van der Waals surface area contributed by atoms with Gasteiger partial charge in [0.25, 0.3) is 0 Å². The summed E-state index contributed by atoms with van der Waals surface area (Å²) in [4.78, 5) is 0. The van der Waals surface area contributed by atoms with Gasteiger partial charge in [-0.25, -0.2) is 0 Å². The van der Waals surface area contributed by atoms with Crippen molar-refractivity contribution < 1.29 is 13.2 Å². The van der Waals surface area contributed by atoms with Crippen molar-refractivity contribution in [2.24, 2.45) is 0 Å². The fraction of sp³-hybridized carbons (Fsp3) is 0.143. The minimum absolute atomic E-state index is 0.00125. The summed E-state index contributed by atoms with van der Waals surface area (Å²) in [6.45, 7) is 0. The molecule has 0 fully saturated rings. The van der Waals surface area contributed by atoms with Gasteiger partial charge in [-0.3, -0.25) is 0 Å². The van der Waals surface area contributed by atoms with Gasteiger partial charge in [-0.05, 0) is 0 Å². The first-order chi connectivity index (χ1) is 5.54. The third-order valence-electron chi connectivity index (χ3n) is 1.26. The van der Waals surface area contributed by atoms with Crippen molar-refractivity contribution in [2.45, 2.75) is 6.18 Å². The van der Waals surface area contributed by atoms with E-state index in [1.165, 1.54) is 12.1 Å². The molecule has 1 radical (unpaired) electrons. The van der Waals surface area contributed by atoms with Gasteiger partial charge in [0.1, 0.15) is 0 Å². The average molecular weight is 303 g/mol. The Hall–Kier alpha value is 0.0490. The Morgan fingerprint density at radius 2 is 1.92 bits per heavy atom. The maximum atomic E-state index is 12.1. The van der Waals surface area contributed by atoms with Crippen LogP contribution >= 0.6 is 0 Å². The van der Waals surface area contributed by atoms with E-state index >= 15 is 0 Å². The molecule has 0 heterocycles. The van der Waals surface area contributed by atoms with Crippen LogP contribution in [-0.4, -0.2) is 27.3 Å². The fourth-order valence-electron chi connectivity index (χ4n) is 0.724. The standard InChI is InChI=1S/C7H4F3Se2/c8-7(9,10)5-2-1-3-6(4-5)12-11/h1-4H. The normalized spacial score (nSPS) is 11.7. The molecule has 1 rings (SSSR count). The van der Waals surface area contributed by atoms with Gasteiger partial charge in [0.05, 0.1) is 0 Å². The molecule has 0 saturated carbocycles. The van der Waals surface area contributed by atoms with E-state index in [0.717, 1.165) is 10.5 Å². The van der Waals surface area contributed by atoms with Crippen LogP contribution in [-0.2, 0) is 6.18 Å². The summed E-state index contributed by atoms with van der Waals surface area (Å²) in [7, 11) is 0.